The molecule has 0 atom stereocenters. The van der Waals surface area contributed by atoms with Gasteiger partial charge in [0.2, 0.25) is 0 Å². The van der Waals surface area contributed by atoms with Crippen LogP contribution >= 0.6 is 22.6 Å². The maximum atomic E-state index is 12.6. The van der Waals surface area contributed by atoms with Gasteiger partial charge in [-0.3, -0.25) is 0 Å². The van der Waals surface area contributed by atoms with Crippen LogP contribution in [0.1, 0.15) is 31.9 Å². The van der Waals surface area contributed by atoms with Crippen molar-refractivity contribution in [1.29, 1.82) is 0 Å². The van der Waals surface area contributed by atoms with Gasteiger partial charge in [-0.2, -0.15) is 13.2 Å². The molecule has 0 heterocycles. The van der Waals surface area contributed by atoms with E-state index in [0.29, 0.717) is 24.5 Å². The predicted octanol–water partition coefficient (Wildman–Crippen LogP) is 6.17. The van der Waals surface area contributed by atoms with Crippen LogP contribution in [0.3, 0.4) is 0 Å². The van der Waals surface area contributed by atoms with Gasteiger partial charge in [0.05, 0.1) is 9.13 Å². The number of carbonyl (C=O) groups is 1. The Labute approximate surface area is 175 Å². The number of benzene rings is 2. The number of halogens is 4. The van der Waals surface area contributed by atoms with Crippen LogP contribution in [0.25, 0.3) is 0 Å². The Morgan fingerprint density at radius 3 is 2.25 bits per heavy atom. The summed E-state index contributed by atoms with van der Waals surface area (Å²) in [6.45, 7) is 5.81. The van der Waals surface area contributed by atoms with Crippen molar-refractivity contribution in [2.45, 2.75) is 39.0 Å². The van der Waals surface area contributed by atoms with E-state index in [2.05, 4.69) is 27.9 Å². The van der Waals surface area contributed by atoms with E-state index < -0.39 is 23.4 Å². The van der Waals surface area contributed by atoms with E-state index in [1.54, 1.807) is 26.8 Å². The van der Waals surface area contributed by atoms with Gasteiger partial charge in [0.15, 0.2) is 0 Å². The summed E-state index contributed by atoms with van der Waals surface area (Å²) in [4.78, 5) is 11.6. The molecule has 1 N–H and O–H groups in total. The molecule has 8 heteroatoms. The molecular weight excluding hydrogens is 486 g/mol. The lowest BCUT2D eigenvalue weighted by Crippen LogP contribution is -2.33. The van der Waals surface area contributed by atoms with Crippen molar-refractivity contribution in [3.63, 3.8) is 0 Å². The highest BCUT2D eigenvalue weighted by molar-refractivity contribution is 14.1. The Kier molecular flexibility index (Phi) is 7.19. The molecule has 0 aliphatic carbocycles. The molecule has 152 valence electrons. The van der Waals surface area contributed by atoms with Crippen LogP contribution in [0, 0.1) is 3.57 Å². The topological polar surface area (TPSA) is 47.6 Å². The summed E-state index contributed by atoms with van der Waals surface area (Å²) < 4.78 is 49.5. The van der Waals surface area contributed by atoms with Crippen LogP contribution in [0.4, 0.5) is 18.0 Å². The van der Waals surface area contributed by atoms with Gasteiger partial charge in [0, 0.05) is 6.54 Å². The summed E-state index contributed by atoms with van der Waals surface area (Å²) in [7, 11) is 0. The number of alkyl halides is 3. The fourth-order valence-corrected chi connectivity index (χ4v) is 2.93. The zero-order valence-electron chi connectivity index (χ0n) is 15.7. The molecule has 0 radical (unpaired) electrons. The van der Waals surface area contributed by atoms with E-state index >= 15 is 0 Å². The highest BCUT2D eigenvalue weighted by atomic mass is 127. The Bertz CT molecular complexity index is 815. The monoisotopic (exact) mass is 507 g/mol. The van der Waals surface area contributed by atoms with E-state index in [9.17, 15) is 18.0 Å². The van der Waals surface area contributed by atoms with E-state index in [1.807, 2.05) is 12.1 Å². The minimum atomic E-state index is -4.37. The third kappa shape index (κ3) is 7.21. The van der Waals surface area contributed by atoms with Gasteiger partial charge in [-0.05, 0) is 91.7 Å². The van der Waals surface area contributed by atoms with Crippen molar-refractivity contribution in [3.05, 3.63) is 57.2 Å². The third-order valence-corrected chi connectivity index (χ3v) is 4.33. The highest BCUT2D eigenvalue weighted by Gasteiger charge is 2.30. The molecule has 0 aromatic heterocycles. The van der Waals surface area contributed by atoms with E-state index in [-0.39, 0.29) is 0 Å². The molecule has 2 aromatic rings. The lowest BCUT2D eigenvalue weighted by molar-refractivity contribution is -0.137. The van der Waals surface area contributed by atoms with Gasteiger partial charge < -0.3 is 14.8 Å². The second-order valence-electron chi connectivity index (χ2n) is 7.07. The summed E-state index contributed by atoms with van der Waals surface area (Å²) in [5, 5.41) is 2.69. The number of hydrogen-bond donors (Lipinski definition) is 1. The molecule has 2 aromatic carbocycles. The van der Waals surface area contributed by atoms with Crippen LogP contribution in [0.15, 0.2) is 42.5 Å². The van der Waals surface area contributed by atoms with Crippen molar-refractivity contribution >= 4 is 28.7 Å². The summed E-state index contributed by atoms with van der Waals surface area (Å²) in [5.74, 6) is 0.870. The van der Waals surface area contributed by atoms with Crippen LogP contribution in [0.5, 0.6) is 11.5 Å². The van der Waals surface area contributed by atoms with Gasteiger partial charge in [-0.1, -0.05) is 6.07 Å². The van der Waals surface area contributed by atoms with Crippen LogP contribution in [-0.2, 0) is 17.3 Å². The molecule has 0 spiro atoms. The number of alkyl carbamates (subject to hydrolysis) is 1. The van der Waals surface area contributed by atoms with Gasteiger partial charge in [-0.15, -0.1) is 0 Å². The highest BCUT2D eigenvalue weighted by Crippen LogP contribution is 2.32. The molecule has 0 bridgehead atoms. The lowest BCUT2D eigenvalue weighted by Gasteiger charge is -2.19. The van der Waals surface area contributed by atoms with Crippen LogP contribution in [0.2, 0.25) is 0 Å². The largest absolute Gasteiger partial charge is 0.456 e. The third-order valence-electron chi connectivity index (χ3n) is 3.49. The van der Waals surface area contributed by atoms with E-state index in [0.717, 1.165) is 21.3 Å². The predicted molar refractivity (Wildman–Crippen MR) is 109 cm³/mol. The van der Waals surface area contributed by atoms with Crippen molar-refractivity contribution in [2.24, 2.45) is 0 Å². The number of amides is 1. The summed E-state index contributed by atoms with van der Waals surface area (Å²) in [5.41, 5.74) is -0.279. The van der Waals surface area contributed by atoms with Gasteiger partial charge >= 0.3 is 12.3 Å². The average molecular weight is 507 g/mol. The maximum absolute atomic E-state index is 12.6. The Hall–Kier alpha value is -1.97. The van der Waals surface area contributed by atoms with Crippen molar-refractivity contribution < 1.29 is 27.4 Å². The first-order chi connectivity index (χ1) is 12.9. The summed E-state index contributed by atoms with van der Waals surface area (Å²) >= 11 is 2.10. The Morgan fingerprint density at radius 1 is 1.07 bits per heavy atom. The quantitative estimate of drug-likeness (QED) is 0.493. The maximum Gasteiger partial charge on any atom is 0.416 e. The summed E-state index contributed by atoms with van der Waals surface area (Å²) in [6.07, 6.45) is -4.23. The Balaban J connectivity index is 1.92. The lowest BCUT2D eigenvalue weighted by atomic mass is 10.1. The normalized spacial score (nSPS) is 11.8. The number of ether oxygens (including phenoxy) is 2. The van der Waals surface area contributed by atoms with Crippen molar-refractivity contribution in [3.8, 4) is 11.5 Å². The molecule has 2 rings (SSSR count). The fourth-order valence-electron chi connectivity index (χ4n) is 2.24. The molecular formula is C20H21F3INO3. The first kappa shape index (κ1) is 22.3. The molecule has 1 amide bonds. The van der Waals surface area contributed by atoms with E-state index in [4.69, 9.17) is 9.47 Å². The second-order valence-corrected chi connectivity index (χ2v) is 8.23. The molecule has 0 aliphatic heterocycles. The molecule has 0 aliphatic rings. The SMILES string of the molecule is CC(C)(C)OC(=O)NCCc1ccc(Oc2ccc(C(F)(F)F)cc2)c(I)c1. The Morgan fingerprint density at radius 2 is 1.71 bits per heavy atom. The number of rotatable bonds is 5. The standard InChI is InChI=1S/C20H21F3INO3/c1-19(2,3)28-18(26)25-11-10-13-4-9-17(16(24)12-13)27-15-7-5-14(6-8-15)20(21,22)23/h4-9,12H,10-11H2,1-3H3,(H,25,26). The van der Waals surface area contributed by atoms with Crippen molar-refractivity contribution in [2.75, 3.05) is 6.54 Å². The van der Waals surface area contributed by atoms with Gasteiger partial charge in [0.25, 0.3) is 0 Å². The van der Waals surface area contributed by atoms with E-state index in [1.165, 1.54) is 12.1 Å². The smallest absolute Gasteiger partial charge is 0.416 e. The minimum Gasteiger partial charge on any atom is -0.456 e. The molecule has 0 fully saturated rings. The van der Waals surface area contributed by atoms with Crippen molar-refractivity contribution in [1.82, 2.24) is 5.32 Å². The van der Waals surface area contributed by atoms with Gasteiger partial charge in [0.1, 0.15) is 17.1 Å². The molecule has 0 saturated heterocycles. The molecule has 0 unspecified atom stereocenters. The van der Waals surface area contributed by atoms with Crippen LogP contribution in [-0.4, -0.2) is 18.2 Å². The van der Waals surface area contributed by atoms with Gasteiger partial charge in [-0.25, -0.2) is 4.79 Å². The van der Waals surface area contributed by atoms with Crippen LogP contribution < -0.4 is 10.1 Å². The minimum absolute atomic E-state index is 0.324. The first-order valence-electron chi connectivity index (χ1n) is 8.54. The molecule has 4 nitrogen and oxygen atoms in total. The fraction of sp³-hybridized carbons (Fsp3) is 0.350. The number of nitrogens with one attached hydrogen (secondary N) is 1. The zero-order valence-corrected chi connectivity index (χ0v) is 17.8. The molecule has 0 saturated carbocycles. The average Bonchev–Trinajstić information content (AvgIpc) is 2.55. The second kappa shape index (κ2) is 9.02. The zero-order chi connectivity index (χ0) is 20.9. The first-order valence-corrected chi connectivity index (χ1v) is 9.62. The molecule has 28 heavy (non-hydrogen) atoms. The number of carbonyl (C=O) groups excluding carboxylic acids is 1. The number of hydrogen-bond acceptors (Lipinski definition) is 3. The summed E-state index contributed by atoms with van der Waals surface area (Å²) in [6, 6.07) is 10.0.